The van der Waals surface area contributed by atoms with Gasteiger partial charge >= 0.3 is 0 Å². The highest BCUT2D eigenvalue weighted by molar-refractivity contribution is 7.89. The second kappa shape index (κ2) is 6.27. The van der Waals surface area contributed by atoms with Gasteiger partial charge in [-0.05, 0) is 31.7 Å². The van der Waals surface area contributed by atoms with E-state index in [-0.39, 0.29) is 29.3 Å². The highest BCUT2D eigenvalue weighted by Gasteiger charge is 2.33. The van der Waals surface area contributed by atoms with Crippen LogP contribution in [0.15, 0.2) is 23.1 Å². The van der Waals surface area contributed by atoms with Crippen LogP contribution in [0.1, 0.15) is 6.42 Å². The van der Waals surface area contributed by atoms with Crippen molar-refractivity contribution in [3.05, 3.63) is 24.0 Å². The summed E-state index contributed by atoms with van der Waals surface area (Å²) in [5.41, 5.74) is 0.267. The number of benzene rings is 1. The lowest BCUT2D eigenvalue weighted by molar-refractivity contribution is 0.115. The van der Waals surface area contributed by atoms with Gasteiger partial charge in [-0.15, -0.1) is 0 Å². The Labute approximate surface area is 123 Å². The van der Waals surface area contributed by atoms with Crippen molar-refractivity contribution in [2.75, 3.05) is 32.2 Å². The number of hydrogen-bond acceptors (Lipinski definition) is 5. The second-order valence-electron chi connectivity index (χ2n) is 4.90. The van der Waals surface area contributed by atoms with Gasteiger partial charge in [0.25, 0.3) is 0 Å². The molecule has 1 aromatic carbocycles. The van der Waals surface area contributed by atoms with Crippen molar-refractivity contribution in [2.45, 2.75) is 23.5 Å². The monoisotopic (exact) mass is 318 g/mol. The predicted molar refractivity (Wildman–Crippen MR) is 76.3 cm³/mol. The van der Waals surface area contributed by atoms with E-state index >= 15 is 0 Å². The zero-order valence-corrected chi connectivity index (χ0v) is 12.7. The number of aliphatic hydroxyl groups excluding tert-OH is 1. The Balaban J connectivity index is 2.33. The summed E-state index contributed by atoms with van der Waals surface area (Å²) in [7, 11) is -0.837. The minimum Gasteiger partial charge on any atom is -0.394 e. The van der Waals surface area contributed by atoms with Crippen molar-refractivity contribution in [1.29, 1.82) is 0 Å². The Hall–Kier alpha value is -1.22. The van der Waals surface area contributed by atoms with E-state index < -0.39 is 15.8 Å². The molecule has 0 aromatic heterocycles. The molecule has 0 amide bonds. The zero-order chi connectivity index (χ0) is 15.6. The lowest BCUT2D eigenvalue weighted by Crippen LogP contribution is -2.33. The van der Waals surface area contributed by atoms with E-state index in [1.54, 1.807) is 12.0 Å². The molecule has 1 saturated heterocycles. The molecule has 1 fully saturated rings. The number of anilines is 1. The van der Waals surface area contributed by atoms with Crippen LogP contribution in [-0.4, -0.2) is 53.0 Å². The van der Waals surface area contributed by atoms with Gasteiger partial charge in [0.2, 0.25) is 10.0 Å². The van der Waals surface area contributed by atoms with Gasteiger partial charge in [0.05, 0.1) is 29.3 Å². The summed E-state index contributed by atoms with van der Waals surface area (Å²) >= 11 is 0. The van der Waals surface area contributed by atoms with Crippen molar-refractivity contribution in [3.63, 3.8) is 0 Å². The summed E-state index contributed by atoms with van der Waals surface area (Å²) < 4.78 is 45.0. The van der Waals surface area contributed by atoms with E-state index in [0.29, 0.717) is 13.0 Å². The first-order chi connectivity index (χ1) is 9.92. The first-order valence-corrected chi connectivity index (χ1v) is 8.04. The van der Waals surface area contributed by atoms with Gasteiger partial charge in [-0.25, -0.2) is 17.5 Å². The summed E-state index contributed by atoms with van der Waals surface area (Å²) in [5, 5.41) is 9.40. The number of methoxy groups -OCH3 is 1. The van der Waals surface area contributed by atoms with Gasteiger partial charge in [0.1, 0.15) is 5.82 Å². The second-order valence-corrected chi connectivity index (χ2v) is 6.79. The lowest BCUT2D eigenvalue weighted by atomic mass is 10.2. The molecule has 21 heavy (non-hydrogen) atoms. The first kappa shape index (κ1) is 16.2. The third-order valence-corrected chi connectivity index (χ3v) is 5.14. The van der Waals surface area contributed by atoms with Crippen LogP contribution >= 0.6 is 0 Å². The van der Waals surface area contributed by atoms with E-state index in [2.05, 4.69) is 4.72 Å². The number of ether oxygens (including phenoxy) is 1. The van der Waals surface area contributed by atoms with Crippen molar-refractivity contribution in [3.8, 4) is 0 Å². The van der Waals surface area contributed by atoms with Gasteiger partial charge in [0, 0.05) is 13.7 Å². The number of sulfonamides is 1. The Morgan fingerprint density at radius 2 is 2.24 bits per heavy atom. The largest absolute Gasteiger partial charge is 0.394 e. The molecule has 8 heteroatoms. The van der Waals surface area contributed by atoms with E-state index in [4.69, 9.17) is 4.74 Å². The van der Waals surface area contributed by atoms with Crippen LogP contribution in [0.5, 0.6) is 0 Å². The molecule has 1 aliphatic heterocycles. The van der Waals surface area contributed by atoms with Crippen LogP contribution < -0.4 is 9.62 Å². The molecular formula is C13H19FN2O4S. The Bertz CT molecular complexity index is 608. The molecule has 0 spiro atoms. The van der Waals surface area contributed by atoms with Gasteiger partial charge in [-0.3, -0.25) is 0 Å². The van der Waals surface area contributed by atoms with Gasteiger partial charge in [0.15, 0.2) is 0 Å². The Morgan fingerprint density at radius 3 is 2.76 bits per heavy atom. The molecule has 6 nitrogen and oxygen atoms in total. The minimum atomic E-state index is -3.68. The van der Waals surface area contributed by atoms with Crippen LogP contribution in [-0.2, 0) is 14.8 Å². The summed E-state index contributed by atoms with van der Waals surface area (Å²) in [6.07, 6.45) is 0.519. The fourth-order valence-electron chi connectivity index (χ4n) is 2.52. The number of aliphatic hydroxyl groups is 1. The van der Waals surface area contributed by atoms with Crippen molar-refractivity contribution in [1.82, 2.24) is 4.72 Å². The van der Waals surface area contributed by atoms with E-state index in [1.165, 1.54) is 19.2 Å². The molecule has 2 N–H and O–H groups in total. The lowest BCUT2D eigenvalue weighted by Gasteiger charge is -2.25. The van der Waals surface area contributed by atoms with Crippen molar-refractivity contribution >= 4 is 15.7 Å². The summed E-state index contributed by atoms with van der Waals surface area (Å²) in [6.45, 7) is 0.340. The van der Waals surface area contributed by atoms with Crippen LogP contribution in [0.25, 0.3) is 0 Å². The maximum Gasteiger partial charge on any atom is 0.240 e. The van der Waals surface area contributed by atoms with Crippen molar-refractivity contribution < 1.29 is 22.7 Å². The molecule has 0 aliphatic carbocycles. The predicted octanol–water partition coefficient (Wildman–Crippen LogP) is 0.320. The summed E-state index contributed by atoms with van der Waals surface area (Å²) in [4.78, 5) is 1.58. The van der Waals surface area contributed by atoms with Crippen LogP contribution in [0.4, 0.5) is 10.1 Å². The SMILES string of the molecule is CNS(=O)(=O)c1ccc(N2C[C@H](OC)C[C@H]2CO)c(F)c1. The molecule has 2 atom stereocenters. The molecule has 118 valence electrons. The molecule has 0 bridgehead atoms. The maximum atomic E-state index is 14.3. The molecule has 1 aromatic rings. The van der Waals surface area contributed by atoms with Crippen LogP contribution in [0.3, 0.4) is 0 Å². The number of hydrogen-bond donors (Lipinski definition) is 2. The highest BCUT2D eigenvalue weighted by Crippen LogP contribution is 2.30. The molecule has 0 unspecified atom stereocenters. The first-order valence-electron chi connectivity index (χ1n) is 6.56. The standard InChI is InChI=1S/C13H19FN2O4S/c1-15-21(18,19)11-3-4-13(12(14)6-11)16-7-10(20-2)5-9(16)8-17/h3-4,6,9-10,15,17H,5,7-8H2,1-2H3/t9-,10+/m0/s1. The molecule has 1 heterocycles. The Morgan fingerprint density at radius 1 is 1.52 bits per heavy atom. The zero-order valence-electron chi connectivity index (χ0n) is 11.9. The van der Waals surface area contributed by atoms with Gasteiger partial charge in [-0.1, -0.05) is 0 Å². The smallest absolute Gasteiger partial charge is 0.240 e. The normalized spacial score (nSPS) is 22.8. The van der Waals surface area contributed by atoms with Crippen LogP contribution in [0.2, 0.25) is 0 Å². The van der Waals surface area contributed by atoms with Gasteiger partial charge in [-0.2, -0.15) is 0 Å². The quantitative estimate of drug-likeness (QED) is 0.817. The Kier molecular flexibility index (Phi) is 4.82. The molecule has 0 saturated carbocycles. The number of nitrogens with zero attached hydrogens (tertiary/aromatic N) is 1. The fraction of sp³-hybridized carbons (Fsp3) is 0.538. The topological polar surface area (TPSA) is 78.9 Å². The molecular weight excluding hydrogens is 299 g/mol. The van der Waals surface area contributed by atoms with E-state index in [1.807, 2.05) is 0 Å². The molecule has 1 aliphatic rings. The summed E-state index contributed by atoms with van der Waals surface area (Å²) in [6, 6.07) is 3.51. The molecule has 0 radical (unpaired) electrons. The fourth-order valence-corrected chi connectivity index (χ4v) is 3.26. The third kappa shape index (κ3) is 3.18. The average molecular weight is 318 g/mol. The average Bonchev–Trinajstić information content (AvgIpc) is 2.90. The highest BCUT2D eigenvalue weighted by atomic mass is 32.2. The number of halogens is 1. The third-order valence-electron chi connectivity index (χ3n) is 3.73. The van der Waals surface area contributed by atoms with Crippen molar-refractivity contribution in [2.24, 2.45) is 0 Å². The molecule has 2 rings (SSSR count). The minimum absolute atomic E-state index is 0.0812. The number of nitrogens with one attached hydrogen (secondary N) is 1. The van der Waals surface area contributed by atoms with Gasteiger partial charge < -0.3 is 14.7 Å². The van der Waals surface area contributed by atoms with Crippen LogP contribution in [0, 0.1) is 5.82 Å². The maximum absolute atomic E-state index is 14.3. The van der Waals surface area contributed by atoms with E-state index in [9.17, 15) is 17.9 Å². The number of rotatable bonds is 5. The van der Waals surface area contributed by atoms with E-state index in [0.717, 1.165) is 6.07 Å². The summed E-state index contributed by atoms with van der Waals surface area (Å²) in [5.74, 6) is -0.637.